The number of sulfonamides is 1. The molecule has 1 unspecified atom stereocenters. The molecule has 3 aromatic rings. The van der Waals surface area contributed by atoms with Crippen LogP contribution in [0.15, 0.2) is 71.6 Å². The molecule has 0 heterocycles. The van der Waals surface area contributed by atoms with Gasteiger partial charge in [0.25, 0.3) is 10.0 Å². The van der Waals surface area contributed by atoms with Crippen LogP contribution in [-0.4, -0.2) is 43.3 Å². The van der Waals surface area contributed by atoms with Crippen molar-refractivity contribution >= 4 is 27.5 Å². The highest BCUT2D eigenvalue weighted by Crippen LogP contribution is 2.27. The molecule has 0 bridgehead atoms. The summed E-state index contributed by atoms with van der Waals surface area (Å²) in [6.07, 6.45) is 0.295. The number of halogens is 1. The molecule has 1 N–H and O–H groups in total. The van der Waals surface area contributed by atoms with E-state index in [0.29, 0.717) is 17.7 Å². The molecule has 220 valence electrons. The van der Waals surface area contributed by atoms with Crippen LogP contribution in [0.4, 0.5) is 10.1 Å². The number of hydrogen-bond donors (Lipinski definition) is 1. The fourth-order valence-electron chi connectivity index (χ4n) is 4.62. The summed E-state index contributed by atoms with van der Waals surface area (Å²) in [6, 6.07) is 16.6. The Kier molecular flexibility index (Phi) is 9.97. The fourth-order valence-corrected chi connectivity index (χ4v) is 6.02. The summed E-state index contributed by atoms with van der Waals surface area (Å²) >= 11 is 0. The van der Waals surface area contributed by atoms with Gasteiger partial charge in [0.15, 0.2) is 0 Å². The first-order chi connectivity index (χ1) is 19.1. The third-order valence-corrected chi connectivity index (χ3v) is 8.32. The molecule has 2 amide bonds. The van der Waals surface area contributed by atoms with Crippen molar-refractivity contribution in [1.82, 2.24) is 10.2 Å². The van der Waals surface area contributed by atoms with E-state index in [-0.39, 0.29) is 17.3 Å². The summed E-state index contributed by atoms with van der Waals surface area (Å²) in [4.78, 5) is 29.0. The predicted molar refractivity (Wildman–Crippen MR) is 161 cm³/mol. The fraction of sp³-hybridized carbons (Fsp3) is 0.375. The van der Waals surface area contributed by atoms with Gasteiger partial charge >= 0.3 is 0 Å². The number of nitrogens with zero attached hydrogens (tertiary/aromatic N) is 2. The second-order valence-electron chi connectivity index (χ2n) is 11.5. The molecule has 0 aromatic heterocycles. The Balaban J connectivity index is 2.10. The third-order valence-electron chi connectivity index (χ3n) is 6.53. The van der Waals surface area contributed by atoms with Crippen LogP contribution in [0.25, 0.3) is 0 Å². The van der Waals surface area contributed by atoms with E-state index in [1.807, 2.05) is 47.6 Å². The molecule has 0 fully saturated rings. The zero-order valence-corrected chi connectivity index (χ0v) is 25.7. The van der Waals surface area contributed by atoms with Gasteiger partial charge in [-0.25, -0.2) is 12.8 Å². The van der Waals surface area contributed by atoms with Gasteiger partial charge in [-0.1, -0.05) is 42.8 Å². The minimum atomic E-state index is -4.16. The number of nitrogens with one attached hydrogen (secondary N) is 1. The lowest BCUT2D eigenvalue weighted by molar-refractivity contribution is -0.141. The maximum absolute atomic E-state index is 14.1. The summed E-state index contributed by atoms with van der Waals surface area (Å²) < 4.78 is 42.8. The zero-order chi connectivity index (χ0) is 30.5. The summed E-state index contributed by atoms with van der Waals surface area (Å²) in [6.45, 7) is 12.4. The van der Waals surface area contributed by atoms with E-state index in [0.717, 1.165) is 21.0 Å². The quantitative estimate of drug-likeness (QED) is 0.334. The van der Waals surface area contributed by atoms with Gasteiger partial charge in [-0.15, -0.1) is 0 Å². The second kappa shape index (κ2) is 12.9. The number of carbonyl (C=O) groups is 2. The van der Waals surface area contributed by atoms with Gasteiger partial charge in [0.2, 0.25) is 11.8 Å². The third kappa shape index (κ3) is 8.39. The zero-order valence-electron chi connectivity index (χ0n) is 24.9. The van der Waals surface area contributed by atoms with E-state index in [1.165, 1.54) is 29.2 Å². The molecule has 0 saturated heterocycles. The van der Waals surface area contributed by atoms with Crippen LogP contribution in [0.3, 0.4) is 0 Å². The molecular formula is C32H40FN3O4S. The van der Waals surface area contributed by atoms with Crippen LogP contribution in [0.5, 0.6) is 0 Å². The van der Waals surface area contributed by atoms with E-state index < -0.39 is 39.9 Å². The van der Waals surface area contributed by atoms with Crippen LogP contribution in [-0.2, 0) is 26.2 Å². The molecule has 0 aliphatic rings. The SMILES string of the molecule is CCC(C(=O)NC(C)(C)C)N(Cc1ccc(F)cc1)C(=O)CN(c1cc(C)cc(C)c1)S(=O)(=O)c1ccc(C)cc1. The van der Waals surface area contributed by atoms with E-state index >= 15 is 0 Å². The Hall–Kier alpha value is -3.72. The van der Waals surface area contributed by atoms with Crippen molar-refractivity contribution in [3.8, 4) is 0 Å². The molecule has 1 atom stereocenters. The molecule has 7 nitrogen and oxygen atoms in total. The van der Waals surface area contributed by atoms with Crippen molar-refractivity contribution in [2.45, 2.75) is 77.9 Å². The first kappa shape index (κ1) is 31.8. The van der Waals surface area contributed by atoms with Gasteiger partial charge in [-0.3, -0.25) is 13.9 Å². The molecule has 3 rings (SSSR count). The predicted octanol–water partition coefficient (Wildman–Crippen LogP) is 5.67. The van der Waals surface area contributed by atoms with E-state index in [2.05, 4.69) is 5.32 Å². The number of rotatable bonds is 10. The highest BCUT2D eigenvalue weighted by atomic mass is 32.2. The number of amides is 2. The topological polar surface area (TPSA) is 86.8 Å². The Morgan fingerprint density at radius 2 is 1.44 bits per heavy atom. The number of benzene rings is 3. The lowest BCUT2D eigenvalue weighted by Crippen LogP contribution is -2.55. The number of anilines is 1. The van der Waals surface area contributed by atoms with Crippen LogP contribution in [0, 0.1) is 26.6 Å². The Bertz CT molecular complexity index is 1460. The number of carbonyl (C=O) groups excluding carboxylic acids is 2. The standard InChI is InChI=1S/C32H40FN3O4S/c1-8-29(31(38)34-32(5,6)7)35(20-25-11-13-26(33)14-12-25)30(37)21-36(27-18-23(3)17-24(4)19-27)41(39,40)28-15-9-22(2)10-16-28/h9-19,29H,8,20-21H2,1-7H3,(H,34,38). The number of aryl methyl sites for hydroxylation is 3. The van der Waals surface area contributed by atoms with Gasteiger partial charge < -0.3 is 10.2 Å². The summed E-state index contributed by atoms with van der Waals surface area (Å²) in [5.41, 5.74) is 3.01. The Morgan fingerprint density at radius 3 is 1.95 bits per heavy atom. The first-order valence-corrected chi connectivity index (χ1v) is 15.1. The monoisotopic (exact) mass is 581 g/mol. The lowest BCUT2D eigenvalue weighted by Gasteiger charge is -2.35. The van der Waals surface area contributed by atoms with Crippen LogP contribution in [0.2, 0.25) is 0 Å². The Morgan fingerprint density at radius 1 is 0.878 bits per heavy atom. The summed E-state index contributed by atoms with van der Waals surface area (Å²) in [5, 5.41) is 2.94. The maximum Gasteiger partial charge on any atom is 0.264 e. The van der Waals surface area contributed by atoms with E-state index in [1.54, 1.807) is 43.3 Å². The highest BCUT2D eigenvalue weighted by Gasteiger charge is 2.34. The summed E-state index contributed by atoms with van der Waals surface area (Å²) in [7, 11) is -4.16. The van der Waals surface area contributed by atoms with Crippen LogP contribution >= 0.6 is 0 Å². The molecule has 41 heavy (non-hydrogen) atoms. The minimum Gasteiger partial charge on any atom is -0.350 e. The molecule has 9 heteroatoms. The average Bonchev–Trinajstić information content (AvgIpc) is 2.86. The molecular weight excluding hydrogens is 541 g/mol. The second-order valence-corrected chi connectivity index (χ2v) is 13.3. The van der Waals surface area contributed by atoms with Crippen molar-refractivity contribution in [3.05, 3.63) is 94.8 Å². The molecule has 0 radical (unpaired) electrons. The van der Waals surface area contributed by atoms with Crippen molar-refractivity contribution in [3.63, 3.8) is 0 Å². The number of hydrogen-bond acceptors (Lipinski definition) is 4. The van der Waals surface area contributed by atoms with Gasteiger partial charge in [0.05, 0.1) is 10.6 Å². The molecule has 3 aromatic carbocycles. The smallest absolute Gasteiger partial charge is 0.264 e. The lowest BCUT2D eigenvalue weighted by atomic mass is 10.1. The van der Waals surface area contributed by atoms with Gasteiger partial charge in [-0.2, -0.15) is 0 Å². The van der Waals surface area contributed by atoms with Crippen molar-refractivity contribution in [1.29, 1.82) is 0 Å². The summed E-state index contributed by atoms with van der Waals surface area (Å²) in [5.74, 6) is -1.33. The Labute approximate surface area is 243 Å². The van der Waals surface area contributed by atoms with Crippen LogP contribution < -0.4 is 9.62 Å². The van der Waals surface area contributed by atoms with Crippen molar-refractivity contribution in [2.75, 3.05) is 10.8 Å². The largest absolute Gasteiger partial charge is 0.350 e. The average molecular weight is 582 g/mol. The highest BCUT2D eigenvalue weighted by molar-refractivity contribution is 7.92. The van der Waals surface area contributed by atoms with E-state index in [9.17, 15) is 22.4 Å². The van der Waals surface area contributed by atoms with Gasteiger partial charge in [0, 0.05) is 12.1 Å². The van der Waals surface area contributed by atoms with Gasteiger partial charge in [0.1, 0.15) is 18.4 Å². The maximum atomic E-state index is 14.1. The molecule has 0 spiro atoms. The van der Waals surface area contributed by atoms with Crippen molar-refractivity contribution < 1.29 is 22.4 Å². The van der Waals surface area contributed by atoms with Gasteiger partial charge in [-0.05, 0) is 101 Å². The van der Waals surface area contributed by atoms with E-state index in [4.69, 9.17) is 0 Å². The molecule has 0 aliphatic carbocycles. The van der Waals surface area contributed by atoms with Crippen LogP contribution in [0.1, 0.15) is 56.4 Å². The minimum absolute atomic E-state index is 0.000444. The van der Waals surface area contributed by atoms with Crippen molar-refractivity contribution in [2.24, 2.45) is 0 Å². The normalized spacial score (nSPS) is 12.5. The molecule has 0 aliphatic heterocycles. The first-order valence-electron chi connectivity index (χ1n) is 13.6. The molecule has 0 saturated carbocycles.